The maximum Gasteiger partial charge on any atom is 0.266 e. The van der Waals surface area contributed by atoms with Crippen molar-refractivity contribution in [3.63, 3.8) is 0 Å². The van der Waals surface area contributed by atoms with E-state index in [9.17, 15) is 13.9 Å². The first-order valence-corrected chi connectivity index (χ1v) is 10.3. The summed E-state index contributed by atoms with van der Waals surface area (Å²) in [7, 11) is 0. The Morgan fingerprint density at radius 3 is 2.25 bits per heavy atom. The van der Waals surface area contributed by atoms with Gasteiger partial charge in [-0.15, -0.1) is 0 Å². The first-order chi connectivity index (χ1) is 13.2. The van der Waals surface area contributed by atoms with Crippen LogP contribution < -0.4 is 4.74 Å². The van der Waals surface area contributed by atoms with Gasteiger partial charge in [0, 0.05) is 5.56 Å². The van der Waals surface area contributed by atoms with Crippen LogP contribution in [0.3, 0.4) is 0 Å². The highest BCUT2D eigenvalue weighted by Gasteiger charge is 2.23. The van der Waals surface area contributed by atoms with Crippen LogP contribution in [0.25, 0.3) is 0 Å². The fourth-order valence-corrected chi connectivity index (χ4v) is 3.10. The monoisotopic (exact) mass is 396 g/mol. The maximum atomic E-state index is 11.5. The lowest BCUT2D eigenvalue weighted by Gasteiger charge is -2.27. The number of benzene rings is 1. The first-order valence-electron chi connectivity index (χ1n) is 10.3. The molecule has 1 unspecified atom stereocenters. The van der Waals surface area contributed by atoms with Crippen molar-refractivity contribution in [3.8, 4) is 11.5 Å². The summed E-state index contributed by atoms with van der Waals surface area (Å²) in [6, 6.07) is 0. The number of phenols is 1. The van der Waals surface area contributed by atoms with E-state index in [0.717, 1.165) is 54.2 Å². The molecule has 1 atom stereocenters. The molecule has 1 aromatic rings. The van der Waals surface area contributed by atoms with Crippen LogP contribution in [0.4, 0.5) is 8.78 Å². The number of aromatic hydroxyl groups is 1. The lowest BCUT2D eigenvalue weighted by molar-refractivity contribution is 0.190. The summed E-state index contributed by atoms with van der Waals surface area (Å²) in [4.78, 5) is 0. The second-order valence-electron chi connectivity index (χ2n) is 6.99. The standard InChI is InChI=1S/C13H18O2.C9H14F2.C2H6/c1-7-5-6-11-10(4)12(14)8(2)9(3)13(11)15-7;1-3-5-8(2)6-4-7-9(10)11;1-2/h7,14H,5-6H2,1-4H3;5,7H,3-4,6H2,1-2H3;1-2H3/b;8-5+;. The zero-order valence-corrected chi connectivity index (χ0v) is 18.9. The van der Waals surface area contributed by atoms with Crippen LogP contribution in [-0.4, -0.2) is 11.2 Å². The van der Waals surface area contributed by atoms with E-state index in [1.54, 1.807) is 0 Å². The third kappa shape index (κ3) is 8.04. The largest absolute Gasteiger partial charge is 0.507 e. The third-order valence-corrected chi connectivity index (χ3v) is 4.85. The van der Waals surface area contributed by atoms with Crippen molar-refractivity contribution in [1.29, 1.82) is 0 Å². The van der Waals surface area contributed by atoms with Gasteiger partial charge in [0.25, 0.3) is 6.08 Å². The average molecular weight is 397 g/mol. The Morgan fingerprint density at radius 1 is 1.11 bits per heavy atom. The minimum atomic E-state index is -1.57. The van der Waals surface area contributed by atoms with E-state index < -0.39 is 6.08 Å². The summed E-state index contributed by atoms with van der Waals surface area (Å²) in [5.74, 6) is 1.44. The molecule has 0 amide bonds. The number of hydrogen-bond donors (Lipinski definition) is 1. The van der Waals surface area contributed by atoms with Gasteiger partial charge in [-0.1, -0.05) is 32.4 Å². The van der Waals surface area contributed by atoms with Gasteiger partial charge in [-0.2, -0.15) is 8.78 Å². The molecule has 2 nitrogen and oxygen atoms in total. The van der Waals surface area contributed by atoms with Gasteiger partial charge in [-0.25, -0.2) is 0 Å². The fourth-order valence-electron chi connectivity index (χ4n) is 3.10. The number of allylic oxidation sites excluding steroid dienone is 3. The third-order valence-electron chi connectivity index (χ3n) is 4.85. The summed E-state index contributed by atoms with van der Waals surface area (Å²) in [5.41, 5.74) is 5.39. The molecule has 0 saturated carbocycles. The topological polar surface area (TPSA) is 29.5 Å². The maximum absolute atomic E-state index is 11.5. The van der Waals surface area contributed by atoms with E-state index in [-0.39, 0.29) is 0 Å². The predicted molar refractivity (Wildman–Crippen MR) is 116 cm³/mol. The minimum absolute atomic E-state index is 0.291. The quantitative estimate of drug-likeness (QED) is 0.523. The Balaban J connectivity index is 0.000000502. The molecule has 0 bridgehead atoms. The zero-order valence-electron chi connectivity index (χ0n) is 18.9. The molecule has 0 aliphatic carbocycles. The second-order valence-corrected chi connectivity index (χ2v) is 6.99. The van der Waals surface area contributed by atoms with Crippen LogP contribution in [0.1, 0.15) is 82.6 Å². The van der Waals surface area contributed by atoms with Crippen molar-refractivity contribution in [1.82, 2.24) is 0 Å². The summed E-state index contributed by atoms with van der Waals surface area (Å²) in [6.45, 7) is 16.0. The molecule has 1 N–H and O–H groups in total. The van der Waals surface area contributed by atoms with Gasteiger partial charge in [0.1, 0.15) is 11.5 Å². The Labute approximate surface area is 170 Å². The van der Waals surface area contributed by atoms with E-state index in [1.807, 2.05) is 48.5 Å². The van der Waals surface area contributed by atoms with Gasteiger partial charge in [-0.05, 0) is 89.5 Å². The van der Waals surface area contributed by atoms with Gasteiger partial charge >= 0.3 is 0 Å². The van der Waals surface area contributed by atoms with Crippen LogP contribution >= 0.6 is 0 Å². The van der Waals surface area contributed by atoms with Gasteiger partial charge in [0.2, 0.25) is 0 Å². The number of fused-ring (bicyclic) bond motifs is 1. The van der Waals surface area contributed by atoms with Gasteiger partial charge in [0.05, 0.1) is 6.10 Å². The van der Waals surface area contributed by atoms with Crippen molar-refractivity contribution in [3.05, 3.63) is 46.1 Å². The molecular weight excluding hydrogens is 358 g/mol. The Hall–Kier alpha value is -1.84. The number of halogens is 2. The van der Waals surface area contributed by atoms with Crippen molar-refractivity contribution in [2.24, 2.45) is 0 Å². The van der Waals surface area contributed by atoms with E-state index in [2.05, 4.69) is 13.0 Å². The Morgan fingerprint density at radius 2 is 1.71 bits per heavy atom. The molecule has 28 heavy (non-hydrogen) atoms. The van der Waals surface area contributed by atoms with Crippen molar-refractivity contribution < 1.29 is 18.6 Å². The molecule has 2 rings (SSSR count). The highest BCUT2D eigenvalue weighted by Crippen LogP contribution is 2.40. The van der Waals surface area contributed by atoms with Crippen molar-refractivity contribution in [2.45, 2.75) is 93.6 Å². The second kappa shape index (κ2) is 13.4. The highest BCUT2D eigenvalue weighted by atomic mass is 19.3. The molecule has 4 heteroatoms. The number of phenolic OH excluding ortho intramolecular Hbond substituents is 1. The lowest BCUT2D eigenvalue weighted by atomic mass is 9.92. The van der Waals surface area contributed by atoms with Gasteiger partial charge in [-0.3, -0.25) is 0 Å². The molecule has 1 aromatic carbocycles. The van der Waals surface area contributed by atoms with Crippen LogP contribution in [0.15, 0.2) is 23.8 Å². The predicted octanol–water partition coefficient (Wildman–Crippen LogP) is 7.96. The van der Waals surface area contributed by atoms with Gasteiger partial charge in [0.15, 0.2) is 0 Å². The fraction of sp³-hybridized carbons (Fsp3) is 0.583. The first kappa shape index (κ1) is 26.2. The molecule has 0 saturated heterocycles. The average Bonchev–Trinajstić information content (AvgIpc) is 2.66. The van der Waals surface area contributed by atoms with Crippen LogP contribution in [0.5, 0.6) is 11.5 Å². The molecule has 0 radical (unpaired) electrons. The van der Waals surface area contributed by atoms with Crippen molar-refractivity contribution in [2.75, 3.05) is 0 Å². The van der Waals surface area contributed by atoms with E-state index in [4.69, 9.17) is 4.74 Å². The van der Waals surface area contributed by atoms with Gasteiger partial charge < -0.3 is 9.84 Å². The van der Waals surface area contributed by atoms with E-state index in [1.165, 1.54) is 11.1 Å². The molecule has 0 aromatic heterocycles. The van der Waals surface area contributed by atoms with E-state index >= 15 is 0 Å². The zero-order chi connectivity index (χ0) is 21.9. The number of hydrogen-bond acceptors (Lipinski definition) is 2. The summed E-state index contributed by atoms with van der Waals surface area (Å²) in [6.07, 6.45) is 5.96. The van der Waals surface area contributed by atoms with E-state index in [0.29, 0.717) is 18.3 Å². The van der Waals surface area contributed by atoms with Crippen molar-refractivity contribution >= 4 is 0 Å². The summed E-state index contributed by atoms with van der Waals surface area (Å²) in [5, 5.41) is 9.95. The molecule has 0 fully saturated rings. The number of ether oxygens (including phenoxy) is 1. The number of rotatable bonds is 4. The summed E-state index contributed by atoms with van der Waals surface area (Å²) >= 11 is 0. The molecule has 1 aliphatic heterocycles. The molecule has 1 aliphatic rings. The highest BCUT2D eigenvalue weighted by molar-refractivity contribution is 5.58. The normalized spacial score (nSPS) is 15.2. The minimum Gasteiger partial charge on any atom is -0.507 e. The smallest absolute Gasteiger partial charge is 0.266 e. The Bertz CT molecular complexity index is 672. The summed E-state index contributed by atoms with van der Waals surface area (Å²) < 4.78 is 28.9. The van der Waals surface area contributed by atoms with Crippen LogP contribution in [-0.2, 0) is 6.42 Å². The Kier molecular flexibility index (Phi) is 12.5. The molecule has 0 spiro atoms. The molecule has 1 heterocycles. The molecular formula is C24H38F2O2. The lowest BCUT2D eigenvalue weighted by Crippen LogP contribution is -2.20. The molecule has 160 valence electrons. The van der Waals surface area contributed by atoms with Crippen LogP contribution in [0.2, 0.25) is 0 Å². The SMILES string of the molecule is CC.CC/C=C(\C)CCC=C(F)F.Cc1c(C)c2c(c(C)c1O)CCC(C)O2. The van der Waals surface area contributed by atoms with Crippen LogP contribution in [0, 0.1) is 20.8 Å².